The third-order valence-electron chi connectivity index (χ3n) is 4.94. The second-order valence-electron chi connectivity index (χ2n) is 9.73. The number of ether oxygens (including phenoxy) is 2. The summed E-state index contributed by atoms with van der Waals surface area (Å²) < 4.78 is 23.0. The highest BCUT2D eigenvalue weighted by molar-refractivity contribution is 6.62. The SMILES string of the molecule is CC(C)(C)OC(=O)NC(=O)C(C)(C)Oc1ccc(B2OC(C)(C)C(C)(C)O2)cc1. The summed E-state index contributed by atoms with van der Waals surface area (Å²) in [4.78, 5) is 24.2. The molecule has 1 N–H and O–H groups in total. The highest BCUT2D eigenvalue weighted by Gasteiger charge is 2.51. The molecule has 160 valence electrons. The Kier molecular flexibility index (Phi) is 6.13. The van der Waals surface area contributed by atoms with E-state index < -0.39 is 41.5 Å². The quantitative estimate of drug-likeness (QED) is 0.775. The Balaban J connectivity index is 2.01. The molecule has 0 atom stereocenters. The van der Waals surface area contributed by atoms with Gasteiger partial charge in [0.2, 0.25) is 0 Å². The second kappa shape index (κ2) is 7.65. The Morgan fingerprint density at radius 2 is 1.41 bits per heavy atom. The number of hydrogen-bond acceptors (Lipinski definition) is 6. The topological polar surface area (TPSA) is 83.1 Å². The van der Waals surface area contributed by atoms with Crippen molar-refractivity contribution in [2.45, 2.75) is 84.7 Å². The standard InChI is InChI=1S/C21H32BNO6/c1-18(2,3)27-17(25)23-16(24)19(4,5)26-15-12-10-14(11-13-15)22-28-20(6,7)21(8,9)29-22/h10-13H,1-9H3,(H,23,24,25). The van der Waals surface area contributed by atoms with Gasteiger partial charge in [-0.05, 0) is 79.9 Å². The predicted molar refractivity (Wildman–Crippen MR) is 111 cm³/mol. The Bertz CT molecular complexity index is 748. The van der Waals surface area contributed by atoms with Gasteiger partial charge in [0, 0.05) is 0 Å². The molecule has 1 saturated heterocycles. The first-order valence-electron chi connectivity index (χ1n) is 9.71. The molecule has 1 fully saturated rings. The number of amides is 2. The molecule has 1 aliphatic heterocycles. The van der Waals surface area contributed by atoms with Gasteiger partial charge < -0.3 is 18.8 Å². The molecular formula is C21H32BNO6. The summed E-state index contributed by atoms with van der Waals surface area (Å²) in [5.41, 5.74) is -1.96. The number of hydrogen-bond donors (Lipinski definition) is 1. The summed E-state index contributed by atoms with van der Waals surface area (Å²) in [5.74, 6) is -0.114. The van der Waals surface area contributed by atoms with Crippen molar-refractivity contribution in [3.05, 3.63) is 24.3 Å². The minimum atomic E-state index is -1.28. The number of carbonyl (C=O) groups is 2. The fourth-order valence-corrected chi connectivity index (χ4v) is 2.56. The number of carbonyl (C=O) groups excluding carboxylic acids is 2. The summed E-state index contributed by atoms with van der Waals surface area (Å²) in [5, 5.41) is 2.21. The molecule has 0 aromatic heterocycles. The molecule has 1 heterocycles. The van der Waals surface area contributed by atoms with Crippen molar-refractivity contribution in [1.82, 2.24) is 5.32 Å². The van der Waals surface area contributed by atoms with Crippen LogP contribution in [0.4, 0.5) is 4.79 Å². The Morgan fingerprint density at radius 1 is 0.931 bits per heavy atom. The van der Waals surface area contributed by atoms with Crippen molar-refractivity contribution in [3.8, 4) is 5.75 Å². The summed E-state index contributed by atoms with van der Waals surface area (Å²) >= 11 is 0. The molecular weight excluding hydrogens is 373 g/mol. The van der Waals surface area contributed by atoms with Gasteiger partial charge in [0.15, 0.2) is 5.60 Å². The third-order valence-corrected chi connectivity index (χ3v) is 4.94. The largest absolute Gasteiger partial charge is 0.494 e. The number of rotatable bonds is 4. The van der Waals surface area contributed by atoms with Crippen LogP contribution < -0.4 is 15.5 Å². The van der Waals surface area contributed by atoms with Crippen molar-refractivity contribution >= 4 is 24.6 Å². The van der Waals surface area contributed by atoms with Gasteiger partial charge in [-0.25, -0.2) is 4.79 Å². The molecule has 8 heteroatoms. The van der Waals surface area contributed by atoms with Gasteiger partial charge in [-0.2, -0.15) is 0 Å². The first-order valence-corrected chi connectivity index (χ1v) is 9.71. The Hall–Kier alpha value is -2.06. The molecule has 0 spiro atoms. The molecule has 0 saturated carbocycles. The van der Waals surface area contributed by atoms with E-state index in [1.54, 1.807) is 46.8 Å². The molecule has 29 heavy (non-hydrogen) atoms. The highest BCUT2D eigenvalue weighted by Crippen LogP contribution is 2.36. The molecule has 1 aliphatic rings. The van der Waals surface area contributed by atoms with Crippen molar-refractivity contribution in [2.24, 2.45) is 0 Å². The maximum atomic E-state index is 12.4. The van der Waals surface area contributed by atoms with E-state index in [0.717, 1.165) is 5.46 Å². The van der Waals surface area contributed by atoms with Crippen LogP contribution in [0.3, 0.4) is 0 Å². The number of benzene rings is 1. The lowest BCUT2D eigenvalue weighted by molar-refractivity contribution is -0.133. The predicted octanol–water partition coefficient (Wildman–Crippen LogP) is 3.19. The van der Waals surface area contributed by atoms with Gasteiger partial charge in [-0.1, -0.05) is 12.1 Å². The van der Waals surface area contributed by atoms with E-state index in [1.807, 2.05) is 39.8 Å². The van der Waals surface area contributed by atoms with Gasteiger partial charge in [0.25, 0.3) is 5.91 Å². The van der Waals surface area contributed by atoms with Crippen molar-refractivity contribution in [1.29, 1.82) is 0 Å². The molecule has 2 rings (SSSR count). The molecule has 1 aromatic rings. The average Bonchev–Trinajstić information content (AvgIpc) is 2.73. The fraction of sp³-hybridized carbons (Fsp3) is 0.619. The maximum absolute atomic E-state index is 12.4. The fourth-order valence-electron chi connectivity index (χ4n) is 2.56. The van der Waals surface area contributed by atoms with Crippen LogP contribution in [0.1, 0.15) is 62.3 Å². The number of nitrogens with one attached hydrogen (secondary N) is 1. The van der Waals surface area contributed by atoms with Gasteiger partial charge in [0.05, 0.1) is 11.2 Å². The zero-order valence-corrected chi connectivity index (χ0v) is 18.8. The lowest BCUT2D eigenvalue weighted by Gasteiger charge is -2.32. The van der Waals surface area contributed by atoms with Crippen molar-refractivity contribution < 1.29 is 28.4 Å². The zero-order chi connectivity index (χ0) is 22.3. The highest BCUT2D eigenvalue weighted by atomic mass is 16.7. The molecule has 7 nitrogen and oxygen atoms in total. The summed E-state index contributed by atoms with van der Waals surface area (Å²) in [7, 11) is -0.475. The lowest BCUT2D eigenvalue weighted by atomic mass is 9.79. The van der Waals surface area contributed by atoms with E-state index in [9.17, 15) is 9.59 Å². The van der Waals surface area contributed by atoms with Crippen LogP contribution in [0, 0.1) is 0 Å². The molecule has 2 amide bonds. The molecule has 0 unspecified atom stereocenters. The van der Waals surface area contributed by atoms with E-state index >= 15 is 0 Å². The van der Waals surface area contributed by atoms with Crippen LogP contribution in [0.5, 0.6) is 5.75 Å². The summed E-state index contributed by atoms with van der Waals surface area (Å²) in [6, 6.07) is 7.14. The number of imide groups is 1. The normalized spacial score (nSPS) is 18.3. The maximum Gasteiger partial charge on any atom is 0.494 e. The molecule has 0 aliphatic carbocycles. The van der Waals surface area contributed by atoms with E-state index in [2.05, 4.69) is 5.32 Å². The van der Waals surface area contributed by atoms with Gasteiger partial charge in [-0.3, -0.25) is 10.1 Å². The van der Waals surface area contributed by atoms with Crippen LogP contribution in [0.25, 0.3) is 0 Å². The smallest absolute Gasteiger partial charge is 0.478 e. The van der Waals surface area contributed by atoms with Gasteiger partial charge in [-0.15, -0.1) is 0 Å². The monoisotopic (exact) mass is 405 g/mol. The van der Waals surface area contributed by atoms with Crippen LogP contribution in [-0.4, -0.2) is 41.5 Å². The van der Waals surface area contributed by atoms with Crippen molar-refractivity contribution in [2.75, 3.05) is 0 Å². The van der Waals surface area contributed by atoms with E-state index in [0.29, 0.717) is 5.75 Å². The summed E-state index contributed by atoms with van der Waals surface area (Å²) in [6.45, 7) is 16.3. The minimum Gasteiger partial charge on any atom is -0.478 e. The molecule has 0 bridgehead atoms. The van der Waals surface area contributed by atoms with E-state index in [1.165, 1.54) is 0 Å². The van der Waals surface area contributed by atoms with Gasteiger partial charge >= 0.3 is 13.2 Å². The zero-order valence-electron chi connectivity index (χ0n) is 18.8. The van der Waals surface area contributed by atoms with Crippen molar-refractivity contribution in [3.63, 3.8) is 0 Å². The Labute approximate surface area is 173 Å². The molecule has 1 aromatic carbocycles. The summed E-state index contributed by atoms with van der Waals surface area (Å²) in [6.07, 6.45) is -0.810. The first kappa shape index (κ1) is 23.2. The van der Waals surface area contributed by atoms with Gasteiger partial charge in [0.1, 0.15) is 11.4 Å². The van der Waals surface area contributed by atoms with Crippen LogP contribution in [0.15, 0.2) is 24.3 Å². The minimum absolute atomic E-state index is 0.422. The van der Waals surface area contributed by atoms with E-state index in [-0.39, 0.29) is 0 Å². The Morgan fingerprint density at radius 3 is 1.86 bits per heavy atom. The van der Waals surface area contributed by atoms with Crippen LogP contribution in [-0.2, 0) is 18.8 Å². The first-order chi connectivity index (χ1) is 13.0. The van der Waals surface area contributed by atoms with Crippen LogP contribution >= 0.6 is 0 Å². The van der Waals surface area contributed by atoms with Crippen LogP contribution in [0.2, 0.25) is 0 Å². The second-order valence-corrected chi connectivity index (χ2v) is 9.73. The van der Waals surface area contributed by atoms with E-state index in [4.69, 9.17) is 18.8 Å². The number of alkyl carbamates (subject to hydrolysis) is 1. The third kappa shape index (κ3) is 5.73. The lowest BCUT2D eigenvalue weighted by Crippen LogP contribution is -2.49. The average molecular weight is 405 g/mol. The molecule has 0 radical (unpaired) electrons.